The first-order valence-electron chi connectivity index (χ1n) is 7.55. The molecule has 1 fully saturated rings. The lowest BCUT2D eigenvalue weighted by molar-refractivity contribution is 0.228. The number of pyridine rings is 1. The maximum Gasteiger partial charge on any atom is 0.146 e. The van der Waals surface area contributed by atoms with E-state index in [9.17, 15) is 4.39 Å². The topological polar surface area (TPSA) is 24.9 Å². The van der Waals surface area contributed by atoms with E-state index in [0.29, 0.717) is 5.92 Å². The van der Waals surface area contributed by atoms with Crippen molar-refractivity contribution < 1.29 is 4.39 Å². The van der Waals surface area contributed by atoms with E-state index in [-0.39, 0.29) is 11.9 Å². The lowest BCUT2D eigenvalue weighted by Crippen LogP contribution is -2.32. The van der Waals surface area contributed by atoms with Crippen LogP contribution in [-0.2, 0) is 0 Å². The van der Waals surface area contributed by atoms with Crippen molar-refractivity contribution in [3.05, 3.63) is 29.8 Å². The highest BCUT2D eigenvalue weighted by atomic mass is 19.1. The van der Waals surface area contributed by atoms with Crippen LogP contribution in [0.3, 0.4) is 0 Å². The van der Waals surface area contributed by atoms with Gasteiger partial charge in [0.05, 0.1) is 6.20 Å². The van der Waals surface area contributed by atoms with Gasteiger partial charge in [-0.3, -0.25) is 4.98 Å². The molecule has 19 heavy (non-hydrogen) atoms. The molecule has 0 radical (unpaired) electrons. The van der Waals surface area contributed by atoms with Crippen LogP contribution in [0, 0.1) is 17.7 Å². The summed E-state index contributed by atoms with van der Waals surface area (Å²) >= 11 is 0. The molecule has 106 valence electrons. The maximum atomic E-state index is 14.0. The Morgan fingerprint density at radius 1 is 1.37 bits per heavy atom. The van der Waals surface area contributed by atoms with Gasteiger partial charge in [-0.15, -0.1) is 0 Å². The fourth-order valence-corrected chi connectivity index (χ4v) is 3.09. The number of nitrogens with zero attached hydrogens (tertiary/aromatic N) is 1. The molecule has 1 atom stereocenters. The molecule has 2 rings (SSSR count). The van der Waals surface area contributed by atoms with E-state index in [0.717, 1.165) is 24.4 Å². The molecule has 0 saturated heterocycles. The number of nitrogens with one attached hydrogen (secondary N) is 1. The molecule has 0 bridgehead atoms. The van der Waals surface area contributed by atoms with Gasteiger partial charge in [0, 0.05) is 17.8 Å². The summed E-state index contributed by atoms with van der Waals surface area (Å²) in [5, 5.41) is 3.54. The standard InChI is InChI=1S/C16H25FN2/c1-3-9-19-16(13-6-4-12(2)5-7-13)14-8-10-18-11-15(14)17/h8,10-13,16,19H,3-7,9H2,1-2H3. The van der Waals surface area contributed by atoms with Crippen LogP contribution in [-0.4, -0.2) is 11.5 Å². The second-order valence-electron chi connectivity index (χ2n) is 5.85. The highest BCUT2D eigenvalue weighted by Gasteiger charge is 2.28. The predicted octanol–water partition coefficient (Wildman–Crippen LogP) is 4.09. The van der Waals surface area contributed by atoms with Crippen LogP contribution in [0.1, 0.15) is 57.6 Å². The Balaban J connectivity index is 2.13. The quantitative estimate of drug-likeness (QED) is 0.866. The van der Waals surface area contributed by atoms with Gasteiger partial charge in [-0.1, -0.05) is 26.7 Å². The molecular formula is C16H25FN2. The van der Waals surface area contributed by atoms with Gasteiger partial charge < -0.3 is 5.32 Å². The first kappa shape index (κ1) is 14.4. The molecule has 1 aromatic rings. The third-order valence-electron chi connectivity index (χ3n) is 4.29. The molecule has 1 aromatic heterocycles. The fourth-order valence-electron chi connectivity index (χ4n) is 3.09. The summed E-state index contributed by atoms with van der Waals surface area (Å²) in [5.41, 5.74) is 0.794. The minimum Gasteiger partial charge on any atom is -0.310 e. The zero-order chi connectivity index (χ0) is 13.7. The van der Waals surface area contributed by atoms with Crippen LogP contribution in [0.5, 0.6) is 0 Å². The van der Waals surface area contributed by atoms with E-state index in [1.54, 1.807) is 6.20 Å². The van der Waals surface area contributed by atoms with Crippen molar-refractivity contribution in [3.8, 4) is 0 Å². The molecule has 3 heteroatoms. The molecule has 1 unspecified atom stereocenters. The Hall–Kier alpha value is -0.960. The molecule has 1 heterocycles. The third kappa shape index (κ3) is 3.75. The number of rotatable bonds is 5. The average molecular weight is 264 g/mol. The van der Waals surface area contributed by atoms with Gasteiger partial charge in [0.25, 0.3) is 0 Å². The highest BCUT2D eigenvalue weighted by Crippen LogP contribution is 2.37. The molecule has 1 N–H and O–H groups in total. The molecule has 1 saturated carbocycles. The maximum absolute atomic E-state index is 14.0. The minimum atomic E-state index is -0.172. The van der Waals surface area contributed by atoms with Crippen molar-refractivity contribution in [2.24, 2.45) is 11.8 Å². The van der Waals surface area contributed by atoms with Crippen LogP contribution in [0.15, 0.2) is 18.5 Å². The van der Waals surface area contributed by atoms with Crippen LogP contribution < -0.4 is 5.32 Å². The molecule has 0 aromatic carbocycles. The molecule has 0 spiro atoms. The molecule has 2 nitrogen and oxygen atoms in total. The summed E-state index contributed by atoms with van der Waals surface area (Å²) in [6, 6.07) is 1.98. The van der Waals surface area contributed by atoms with Gasteiger partial charge in [0.15, 0.2) is 0 Å². The molecule has 0 amide bonds. The second-order valence-corrected chi connectivity index (χ2v) is 5.85. The van der Waals surface area contributed by atoms with E-state index < -0.39 is 0 Å². The Labute approximate surface area is 115 Å². The van der Waals surface area contributed by atoms with Crippen LogP contribution >= 0.6 is 0 Å². The van der Waals surface area contributed by atoms with Gasteiger partial charge in [-0.2, -0.15) is 0 Å². The lowest BCUT2D eigenvalue weighted by Gasteiger charge is -2.33. The number of hydrogen-bond acceptors (Lipinski definition) is 2. The normalized spacial score (nSPS) is 25.2. The third-order valence-corrected chi connectivity index (χ3v) is 4.29. The lowest BCUT2D eigenvalue weighted by atomic mass is 9.77. The molecular weight excluding hydrogens is 239 g/mol. The summed E-state index contributed by atoms with van der Waals surface area (Å²) in [7, 11) is 0. The fraction of sp³-hybridized carbons (Fsp3) is 0.688. The summed E-state index contributed by atoms with van der Waals surface area (Å²) in [4.78, 5) is 3.86. The van der Waals surface area contributed by atoms with Crippen LogP contribution in [0.2, 0.25) is 0 Å². The van der Waals surface area contributed by atoms with E-state index >= 15 is 0 Å². The van der Waals surface area contributed by atoms with Gasteiger partial charge in [-0.05, 0) is 43.7 Å². The van der Waals surface area contributed by atoms with Crippen LogP contribution in [0.25, 0.3) is 0 Å². The van der Waals surface area contributed by atoms with Gasteiger partial charge in [0.2, 0.25) is 0 Å². The van der Waals surface area contributed by atoms with Crippen molar-refractivity contribution in [2.45, 2.75) is 52.0 Å². The SMILES string of the molecule is CCCNC(c1ccncc1F)C1CCC(C)CC1. The van der Waals surface area contributed by atoms with E-state index in [4.69, 9.17) is 0 Å². The summed E-state index contributed by atoms with van der Waals surface area (Å²) in [6.45, 7) is 5.41. The van der Waals surface area contributed by atoms with Crippen molar-refractivity contribution in [1.82, 2.24) is 10.3 Å². The van der Waals surface area contributed by atoms with Gasteiger partial charge in [-0.25, -0.2) is 4.39 Å². The number of hydrogen-bond donors (Lipinski definition) is 1. The Morgan fingerprint density at radius 2 is 2.11 bits per heavy atom. The number of halogens is 1. The van der Waals surface area contributed by atoms with Crippen molar-refractivity contribution >= 4 is 0 Å². The molecule has 1 aliphatic rings. The van der Waals surface area contributed by atoms with E-state index in [1.165, 1.54) is 31.9 Å². The zero-order valence-electron chi connectivity index (χ0n) is 12.0. The Bertz CT molecular complexity index is 386. The zero-order valence-corrected chi connectivity index (χ0v) is 12.0. The van der Waals surface area contributed by atoms with Gasteiger partial charge >= 0.3 is 0 Å². The largest absolute Gasteiger partial charge is 0.310 e. The monoisotopic (exact) mass is 264 g/mol. The summed E-state index contributed by atoms with van der Waals surface area (Å²) < 4.78 is 14.0. The van der Waals surface area contributed by atoms with E-state index in [1.807, 2.05) is 6.07 Å². The van der Waals surface area contributed by atoms with Crippen molar-refractivity contribution in [2.75, 3.05) is 6.54 Å². The van der Waals surface area contributed by atoms with Crippen molar-refractivity contribution in [1.29, 1.82) is 0 Å². The number of aromatic nitrogens is 1. The summed E-state index contributed by atoms with van der Waals surface area (Å²) in [5.74, 6) is 1.21. The second kappa shape index (κ2) is 6.99. The smallest absolute Gasteiger partial charge is 0.146 e. The Kier molecular flexibility index (Phi) is 5.32. The molecule has 1 aliphatic carbocycles. The highest BCUT2D eigenvalue weighted by molar-refractivity contribution is 5.18. The Morgan fingerprint density at radius 3 is 2.74 bits per heavy atom. The minimum absolute atomic E-state index is 0.149. The first-order valence-corrected chi connectivity index (χ1v) is 7.55. The van der Waals surface area contributed by atoms with Crippen LogP contribution in [0.4, 0.5) is 4.39 Å². The first-order chi connectivity index (χ1) is 9.22. The van der Waals surface area contributed by atoms with Crippen molar-refractivity contribution in [3.63, 3.8) is 0 Å². The van der Waals surface area contributed by atoms with E-state index in [2.05, 4.69) is 24.1 Å². The average Bonchev–Trinajstić information content (AvgIpc) is 2.43. The summed E-state index contributed by atoms with van der Waals surface area (Å²) in [6.07, 6.45) is 9.04. The van der Waals surface area contributed by atoms with Gasteiger partial charge in [0.1, 0.15) is 5.82 Å². The predicted molar refractivity (Wildman–Crippen MR) is 76.4 cm³/mol. The molecule has 0 aliphatic heterocycles.